The second-order valence-corrected chi connectivity index (χ2v) is 6.70. The SMILES string of the molecule is CC(C)c1ccc(F)cc1OCCOCCNC(=O)OC1CC(NC=O)C1. The Labute approximate surface area is 158 Å². The highest BCUT2D eigenvalue weighted by atomic mass is 19.1. The van der Waals surface area contributed by atoms with Crippen LogP contribution in [0.2, 0.25) is 0 Å². The molecule has 0 aliphatic heterocycles. The molecule has 0 unspecified atom stereocenters. The summed E-state index contributed by atoms with van der Waals surface area (Å²) in [7, 11) is 0. The summed E-state index contributed by atoms with van der Waals surface area (Å²) < 4.78 is 29.5. The van der Waals surface area contributed by atoms with E-state index in [1.165, 1.54) is 12.1 Å². The van der Waals surface area contributed by atoms with Crippen LogP contribution >= 0.6 is 0 Å². The van der Waals surface area contributed by atoms with Gasteiger partial charge in [-0.2, -0.15) is 0 Å². The molecule has 1 aliphatic carbocycles. The Bertz CT molecular complexity index is 620. The number of hydrogen-bond acceptors (Lipinski definition) is 5. The molecule has 0 aromatic heterocycles. The number of hydrogen-bond donors (Lipinski definition) is 2. The van der Waals surface area contributed by atoms with Crippen molar-refractivity contribution < 1.29 is 28.2 Å². The first kappa shape index (κ1) is 21.0. The van der Waals surface area contributed by atoms with E-state index < -0.39 is 6.09 Å². The predicted molar refractivity (Wildman–Crippen MR) is 97.3 cm³/mol. The summed E-state index contributed by atoms with van der Waals surface area (Å²) in [6, 6.07) is 4.62. The fourth-order valence-corrected chi connectivity index (χ4v) is 2.74. The minimum absolute atomic E-state index is 0.0953. The highest BCUT2D eigenvalue weighted by Crippen LogP contribution is 2.27. The molecule has 1 aliphatic rings. The summed E-state index contributed by atoms with van der Waals surface area (Å²) in [6.07, 6.45) is 1.28. The molecule has 7 nitrogen and oxygen atoms in total. The molecule has 1 fully saturated rings. The van der Waals surface area contributed by atoms with Crippen LogP contribution in [0.5, 0.6) is 5.75 Å². The Hall–Kier alpha value is -2.35. The number of carbonyl (C=O) groups is 2. The molecule has 1 aromatic rings. The highest BCUT2D eigenvalue weighted by Gasteiger charge is 2.31. The van der Waals surface area contributed by atoms with Gasteiger partial charge in [0.25, 0.3) is 0 Å². The quantitative estimate of drug-likeness (QED) is 0.453. The molecule has 2 rings (SSSR count). The standard InChI is InChI=1S/C19H27FN2O5/c1-13(2)17-4-3-14(20)9-18(17)26-8-7-25-6-5-21-19(24)27-16-10-15(11-16)22-12-23/h3-4,9,12-13,15-16H,5-8,10-11H2,1-2H3,(H,21,24)(H,22,23). The van der Waals surface area contributed by atoms with Crippen LogP contribution in [0.25, 0.3) is 0 Å². The molecule has 0 spiro atoms. The Balaban J connectivity index is 1.52. The molecule has 2 amide bonds. The van der Waals surface area contributed by atoms with Crippen molar-refractivity contribution in [2.24, 2.45) is 0 Å². The van der Waals surface area contributed by atoms with E-state index in [-0.39, 0.29) is 23.9 Å². The zero-order valence-corrected chi connectivity index (χ0v) is 15.7. The number of amides is 2. The van der Waals surface area contributed by atoms with Gasteiger partial charge in [-0.25, -0.2) is 9.18 Å². The van der Waals surface area contributed by atoms with E-state index in [1.54, 1.807) is 6.07 Å². The topological polar surface area (TPSA) is 85.9 Å². The first-order chi connectivity index (χ1) is 13.0. The van der Waals surface area contributed by atoms with Crippen molar-refractivity contribution in [1.82, 2.24) is 10.6 Å². The van der Waals surface area contributed by atoms with Gasteiger partial charge in [0.2, 0.25) is 6.41 Å². The summed E-state index contributed by atoms with van der Waals surface area (Å²) in [5, 5.41) is 5.24. The third-order valence-corrected chi connectivity index (χ3v) is 4.27. The Morgan fingerprint density at radius 1 is 1.30 bits per heavy atom. The number of rotatable bonds is 11. The third-order valence-electron chi connectivity index (χ3n) is 4.27. The van der Waals surface area contributed by atoms with E-state index in [0.717, 1.165) is 5.56 Å². The van der Waals surface area contributed by atoms with Gasteiger partial charge in [0.1, 0.15) is 24.3 Å². The highest BCUT2D eigenvalue weighted by molar-refractivity contribution is 5.67. The fraction of sp³-hybridized carbons (Fsp3) is 0.579. The second-order valence-electron chi connectivity index (χ2n) is 6.70. The van der Waals surface area contributed by atoms with Crippen LogP contribution in [0.3, 0.4) is 0 Å². The maximum atomic E-state index is 13.4. The summed E-state index contributed by atoms with van der Waals surface area (Å²) in [5.74, 6) is 0.424. The fourth-order valence-electron chi connectivity index (χ4n) is 2.74. The maximum Gasteiger partial charge on any atom is 0.407 e. The lowest BCUT2D eigenvalue weighted by Gasteiger charge is -2.33. The summed E-state index contributed by atoms with van der Waals surface area (Å²) in [6.45, 7) is 5.29. The maximum absolute atomic E-state index is 13.4. The van der Waals surface area contributed by atoms with Gasteiger partial charge in [0.05, 0.1) is 13.2 Å². The molecule has 1 aromatic carbocycles. The minimum atomic E-state index is -0.495. The molecule has 0 saturated heterocycles. The first-order valence-electron chi connectivity index (χ1n) is 9.13. The summed E-state index contributed by atoms with van der Waals surface area (Å²) in [5.41, 5.74) is 0.947. The van der Waals surface area contributed by atoms with Crippen LogP contribution < -0.4 is 15.4 Å². The van der Waals surface area contributed by atoms with Gasteiger partial charge in [-0.05, 0) is 17.5 Å². The molecule has 0 bridgehead atoms. The van der Waals surface area contributed by atoms with Gasteiger partial charge in [0, 0.05) is 31.5 Å². The van der Waals surface area contributed by atoms with Crippen molar-refractivity contribution >= 4 is 12.5 Å². The van der Waals surface area contributed by atoms with E-state index in [2.05, 4.69) is 10.6 Å². The Kier molecular flexibility index (Phi) is 8.32. The third kappa shape index (κ3) is 7.05. The number of carbonyl (C=O) groups excluding carboxylic acids is 2. The van der Waals surface area contributed by atoms with Crippen molar-refractivity contribution in [3.05, 3.63) is 29.6 Å². The lowest BCUT2D eigenvalue weighted by molar-refractivity contribution is -0.111. The van der Waals surface area contributed by atoms with Crippen molar-refractivity contribution in [3.8, 4) is 5.75 Å². The number of alkyl carbamates (subject to hydrolysis) is 1. The van der Waals surface area contributed by atoms with Gasteiger partial charge in [0.15, 0.2) is 0 Å². The van der Waals surface area contributed by atoms with Gasteiger partial charge in [-0.1, -0.05) is 19.9 Å². The van der Waals surface area contributed by atoms with Crippen LogP contribution in [0.1, 0.15) is 38.2 Å². The number of ether oxygens (including phenoxy) is 3. The Morgan fingerprint density at radius 2 is 2.07 bits per heavy atom. The Morgan fingerprint density at radius 3 is 2.78 bits per heavy atom. The molecule has 8 heteroatoms. The number of halogens is 1. The van der Waals surface area contributed by atoms with E-state index in [4.69, 9.17) is 14.2 Å². The van der Waals surface area contributed by atoms with Gasteiger partial charge in [-0.3, -0.25) is 4.79 Å². The van der Waals surface area contributed by atoms with E-state index in [1.807, 2.05) is 13.8 Å². The lowest BCUT2D eigenvalue weighted by atomic mass is 9.89. The normalized spacial score (nSPS) is 18.5. The van der Waals surface area contributed by atoms with E-state index in [0.29, 0.717) is 51.4 Å². The molecule has 27 heavy (non-hydrogen) atoms. The minimum Gasteiger partial charge on any atom is -0.491 e. The van der Waals surface area contributed by atoms with Crippen LogP contribution in [-0.4, -0.2) is 51.0 Å². The van der Waals surface area contributed by atoms with Gasteiger partial charge < -0.3 is 24.8 Å². The predicted octanol–water partition coefficient (Wildman–Crippen LogP) is 2.35. The molecule has 0 atom stereocenters. The van der Waals surface area contributed by atoms with Crippen LogP contribution in [0, 0.1) is 5.82 Å². The van der Waals surface area contributed by atoms with Crippen molar-refractivity contribution in [3.63, 3.8) is 0 Å². The van der Waals surface area contributed by atoms with E-state index >= 15 is 0 Å². The van der Waals surface area contributed by atoms with Gasteiger partial charge in [-0.15, -0.1) is 0 Å². The average Bonchev–Trinajstić information content (AvgIpc) is 2.59. The van der Waals surface area contributed by atoms with Crippen LogP contribution in [0.4, 0.5) is 9.18 Å². The molecular formula is C19H27FN2O5. The van der Waals surface area contributed by atoms with Crippen LogP contribution in [0.15, 0.2) is 18.2 Å². The van der Waals surface area contributed by atoms with Crippen molar-refractivity contribution in [2.75, 3.05) is 26.4 Å². The zero-order valence-electron chi connectivity index (χ0n) is 15.7. The van der Waals surface area contributed by atoms with Crippen LogP contribution in [-0.2, 0) is 14.3 Å². The molecule has 1 saturated carbocycles. The summed E-state index contributed by atoms with van der Waals surface area (Å²) in [4.78, 5) is 21.8. The second kappa shape index (κ2) is 10.7. The molecule has 0 heterocycles. The number of benzene rings is 1. The average molecular weight is 382 g/mol. The van der Waals surface area contributed by atoms with Crippen molar-refractivity contribution in [1.29, 1.82) is 0 Å². The van der Waals surface area contributed by atoms with Crippen molar-refractivity contribution in [2.45, 2.75) is 44.8 Å². The zero-order chi connectivity index (χ0) is 19.6. The first-order valence-corrected chi connectivity index (χ1v) is 9.13. The van der Waals surface area contributed by atoms with Gasteiger partial charge >= 0.3 is 6.09 Å². The molecular weight excluding hydrogens is 355 g/mol. The largest absolute Gasteiger partial charge is 0.491 e. The van der Waals surface area contributed by atoms with E-state index in [9.17, 15) is 14.0 Å². The lowest BCUT2D eigenvalue weighted by Crippen LogP contribution is -2.47. The monoisotopic (exact) mass is 382 g/mol. The molecule has 150 valence electrons. The molecule has 2 N–H and O–H groups in total. The summed E-state index contributed by atoms with van der Waals surface area (Å²) >= 11 is 0. The molecule has 0 radical (unpaired) electrons. The smallest absolute Gasteiger partial charge is 0.407 e. The number of nitrogens with one attached hydrogen (secondary N) is 2.